The zero-order chi connectivity index (χ0) is 23.2. The summed E-state index contributed by atoms with van der Waals surface area (Å²) in [5.41, 5.74) is 1.78. The van der Waals surface area contributed by atoms with Crippen molar-refractivity contribution >= 4 is 12.0 Å². The van der Waals surface area contributed by atoms with Crippen LogP contribution in [0, 0.1) is 0 Å². The lowest BCUT2D eigenvalue weighted by Crippen LogP contribution is -2.53. The number of hydrogen-bond donors (Lipinski definition) is 2. The summed E-state index contributed by atoms with van der Waals surface area (Å²) in [4.78, 5) is 30.4. The van der Waals surface area contributed by atoms with E-state index in [0.29, 0.717) is 36.2 Å². The number of piperazine rings is 1. The van der Waals surface area contributed by atoms with Crippen LogP contribution in [0.2, 0.25) is 0 Å². The van der Waals surface area contributed by atoms with E-state index < -0.39 is 12.0 Å². The number of methoxy groups -OCH3 is 1. The zero-order valence-electron chi connectivity index (χ0n) is 19.8. The van der Waals surface area contributed by atoms with Gasteiger partial charge in [0.2, 0.25) is 0 Å². The summed E-state index contributed by atoms with van der Waals surface area (Å²) in [6.07, 6.45) is 6.65. The van der Waals surface area contributed by atoms with Crippen molar-refractivity contribution in [1.82, 2.24) is 20.4 Å². The minimum absolute atomic E-state index is 0.324. The van der Waals surface area contributed by atoms with Gasteiger partial charge in [-0.3, -0.25) is 9.80 Å². The lowest BCUT2D eigenvalue weighted by atomic mass is 9.93. The Hall–Kier alpha value is -2.58. The van der Waals surface area contributed by atoms with E-state index >= 15 is 0 Å². The van der Waals surface area contributed by atoms with Crippen LogP contribution in [-0.2, 0) is 9.53 Å². The number of amides is 2. The Labute approximate surface area is 196 Å². The first-order valence-corrected chi connectivity index (χ1v) is 12.2. The zero-order valence-corrected chi connectivity index (χ0v) is 19.8. The number of rotatable bonds is 7. The number of para-hydroxylation sites is 1. The SMILES string of the molecule is CCOc1ccccc1[C@@H]1NC(=O)NC(CN2CCN(C3CCCCC3)CC2)=C1C(=O)OC. The first-order chi connectivity index (χ1) is 16.1. The largest absolute Gasteiger partial charge is 0.494 e. The average Bonchev–Trinajstić information content (AvgIpc) is 2.85. The number of carbonyl (C=O) groups excluding carboxylic acids is 2. The Kier molecular flexibility index (Phi) is 7.88. The molecule has 0 unspecified atom stereocenters. The highest BCUT2D eigenvalue weighted by atomic mass is 16.5. The van der Waals surface area contributed by atoms with Crippen LogP contribution in [0.3, 0.4) is 0 Å². The topological polar surface area (TPSA) is 83.1 Å². The summed E-state index contributed by atoms with van der Waals surface area (Å²) in [5.74, 6) is 0.198. The monoisotopic (exact) mass is 456 g/mol. The fourth-order valence-corrected chi connectivity index (χ4v) is 5.29. The standard InChI is InChI=1S/C25H36N4O4/c1-3-33-21-12-8-7-11-19(21)23-22(24(30)32-2)20(26-25(31)27-23)17-28-13-15-29(16-14-28)18-9-5-4-6-10-18/h7-8,11-12,18,23H,3-6,9-10,13-17H2,1-2H3,(H2,26,27,31)/t23-/m0/s1. The molecule has 33 heavy (non-hydrogen) atoms. The van der Waals surface area contributed by atoms with Gasteiger partial charge in [-0.05, 0) is 25.8 Å². The number of benzene rings is 1. The van der Waals surface area contributed by atoms with Gasteiger partial charge < -0.3 is 20.1 Å². The fourth-order valence-electron chi connectivity index (χ4n) is 5.29. The molecule has 1 aliphatic carbocycles. The third-order valence-electron chi connectivity index (χ3n) is 6.97. The maximum absolute atomic E-state index is 12.9. The normalized spacial score (nSPS) is 23.1. The van der Waals surface area contributed by atoms with Crippen molar-refractivity contribution < 1.29 is 19.1 Å². The van der Waals surface area contributed by atoms with Gasteiger partial charge in [-0.1, -0.05) is 37.5 Å². The summed E-state index contributed by atoms with van der Waals surface area (Å²) in [6, 6.07) is 7.25. The van der Waals surface area contributed by atoms with Gasteiger partial charge in [-0.25, -0.2) is 9.59 Å². The molecule has 8 nitrogen and oxygen atoms in total. The molecule has 0 spiro atoms. The van der Waals surface area contributed by atoms with Gasteiger partial charge in [0, 0.05) is 50.0 Å². The molecule has 1 atom stereocenters. The van der Waals surface area contributed by atoms with Crippen molar-refractivity contribution in [2.45, 2.75) is 51.1 Å². The molecule has 8 heteroatoms. The van der Waals surface area contributed by atoms with Gasteiger partial charge in [-0.15, -0.1) is 0 Å². The van der Waals surface area contributed by atoms with Gasteiger partial charge in [0.25, 0.3) is 0 Å². The van der Waals surface area contributed by atoms with Gasteiger partial charge >= 0.3 is 12.0 Å². The number of esters is 1. The van der Waals surface area contributed by atoms with E-state index in [1.807, 2.05) is 31.2 Å². The van der Waals surface area contributed by atoms with Crippen LogP contribution in [0.4, 0.5) is 4.79 Å². The van der Waals surface area contributed by atoms with Crippen LogP contribution in [0.15, 0.2) is 35.5 Å². The Bertz CT molecular complexity index is 873. The van der Waals surface area contributed by atoms with Gasteiger partial charge in [-0.2, -0.15) is 0 Å². The summed E-state index contributed by atoms with van der Waals surface area (Å²) in [6.45, 7) is 6.78. The van der Waals surface area contributed by atoms with Crippen LogP contribution >= 0.6 is 0 Å². The highest BCUT2D eigenvalue weighted by Gasteiger charge is 2.36. The molecule has 4 rings (SSSR count). The maximum Gasteiger partial charge on any atom is 0.338 e. The van der Waals surface area contributed by atoms with Crippen molar-refractivity contribution in [1.29, 1.82) is 0 Å². The Morgan fingerprint density at radius 1 is 1.09 bits per heavy atom. The van der Waals surface area contributed by atoms with E-state index in [0.717, 1.165) is 31.7 Å². The lowest BCUT2D eigenvalue weighted by Gasteiger charge is -2.41. The Balaban J connectivity index is 1.54. The Morgan fingerprint density at radius 3 is 2.52 bits per heavy atom. The molecule has 2 fully saturated rings. The molecule has 0 radical (unpaired) electrons. The van der Waals surface area contributed by atoms with Gasteiger partial charge in [0.05, 0.1) is 25.3 Å². The fraction of sp³-hybridized carbons (Fsp3) is 0.600. The first kappa shape index (κ1) is 23.6. The van der Waals surface area contributed by atoms with Gasteiger partial charge in [0.15, 0.2) is 0 Å². The van der Waals surface area contributed by atoms with Crippen molar-refractivity contribution in [3.8, 4) is 5.75 Å². The summed E-state index contributed by atoms with van der Waals surface area (Å²) < 4.78 is 10.9. The van der Waals surface area contributed by atoms with E-state index in [2.05, 4.69) is 20.4 Å². The van der Waals surface area contributed by atoms with Crippen LogP contribution in [-0.4, -0.2) is 74.3 Å². The molecule has 0 bridgehead atoms. The predicted molar refractivity (Wildman–Crippen MR) is 126 cm³/mol. The van der Waals surface area contributed by atoms with E-state index in [1.54, 1.807) is 0 Å². The van der Waals surface area contributed by atoms with Crippen LogP contribution in [0.25, 0.3) is 0 Å². The molecule has 1 saturated carbocycles. The molecule has 1 saturated heterocycles. The average molecular weight is 457 g/mol. The van der Waals surface area contributed by atoms with E-state index in [1.165, 1.54) is 39.2 Å². The molecule has 3 aliphatic rings. The molecule has 0 aromatic heterocycles. The highest BCUT2D eigenvalue weighted by Crippen LogP contribution is 2.34. The van der Waals surface area contributed by atoms with Crippen LogP contribution in [0.5, 0.6) is 5.75 Å². The summed E-state index contributed by atoms with van der Waals surface area (Å²) in [7, 11) is 1.37. The second kappa shape index (κ2) is 11.0. The molecule has 2 heterocycles. The van der Waals surface area contributed by atoms with Crippen LogP contribution in [0.1, 0.15) is 50.6 Å². The van der Waals surface area contributed by atoms with Crippen molar-refractivity contribution in [3.63, 3.8) is 0 Å². The highest BCUT2D eigenvalue weighted by molar-refractivity contribution is 5.95. The second-order valence-electron chi connectivity index (χ2n) is 8.99. The number of nitrogens with one attached hydrogen (secondary N) is 2. The molecule has 2 N–H and O–H groups in total. The predicted octanol–water partition coefficient (Wildman–Crippen LogP) is 2.82. The summed E-state index contributed by atoms with van der Waals surface area (Å²) >= 11 is 0. The summed E-state index contributed by atoms with van der Waals surface area (Å²) in [5, 5.41) is 5.79. The van der Waals surface area contributed by atoms with E-state index in [9.17, 15) is 9.59 Å². The van der Waals surface area contributed by atoms with E-state index in [4.69, 9.17) is 9.47 Å². The maximum atomic E-state index is 12.9. The number of carbonyl (C=O) groups is 2. The third-order valence-corrected chi connectivity index (χ3v) is 6.97. The molecular weight excluding hydrogens is 420 g/mol. The van der Waals surface area contributed by atoms with Crippen molar-refractivity contribution in [3.05, 3.63) is 41.1 Å². The molecule has 2 aliphatic heterocycles. The Morgan fingerprint density at radius 2 is 1.82 bits per heavy atom. The number of hydrogen-bond acceptors (Lipinski definition) is 6. The third kappa shape index (κ3) is 5.50. The smallest absolute Gasteiger partial charge is 0.338 e. The molecular formula is C25H36N4O4. The molecule has 2 amide bonds. The second-order valence-corrected chi connectivity index (χ2v) is 8.99. The van der Waals surface area contributed by atoms with Crippen molar-refractivity contribution in [2.75, 3.05) is 46.4 Å². The first-order valence-electron chi connectivity index (χ1n) is 12.2. The molecule has 180 valence electrons. The van der Waals surface area contributed by atoms with E-state index in [-0.39, 0.29) is 6.03 Å². The number of ether oxygens (including phenoxy) is 2. The minimum atomic E-state index is -0.632. The van der Waals surface area contributed by atoms with Gasteiger partial charge in [0.1, 0.15) is 5.75 Å². The van der Waals surface area contributed by atoms with Crippen molar-refractivity contribution in [2.24, 2.45) is 0 Å². The minimum Gasteiger partial charge on any atom is -0.494 e. The van der Waals surface area contributed by atoms with Crippen LogP contribution < -0.4 is 15.4 Å². The molecule has 1 aromatic rings. The quantitative estimate of drug-likeness (QED) is 0.614. The number of nitrogens with zero attached hydrogens (tertiary/aromatic N) is 2. The number of urea groups is 1. The lowest BCUT2D eigenvalue weighted by molar-refractivity contribution is -0.136. The molecule has 1 aromatic carbocycles.